The van der Waals surface area contributed by atoms with Gasteiger partial charge in [-0.2, -0.15) is 0 Å². The van der Waals surface area contributed by atoms with Crippen LogP contribution in [0.4, 0.5) is 0 Å². The third-order valence-corrected chi connectivity index (χ3v) is 3.06. The SMILES string of the molecule is CCCCc1ccc(P(=O)(O)O)cc1. The molecule has 0 saturated heterocycles. The molecule has 0 heterocycles. The zero-order valence-corrected chi connectivity index (χ0v) is 9.08. The Hall–Kier alpha value is -0.630. The molecule has 14 heavy (non-hydrogen) atoms. The van der Waals surface area contributed by atoms with Crippen molar-refractivity contribution >= 4 is 12.9 Å². The lowest BCUT2D eigenvalue weighted by Crippen LogP contribution is -2.03. The Morgan fingerprint density at radius 3 is 2.21 bits per heavy atom. The molecule has 0 atom stereocenters. The summed E-state index contributed by atoms with van der Waals surface area (Å²) in [4.78, 5) is 17.7. The lowest BCUT2D eigenvalue weighted by Gasteiger charge is -2.04. The summed E-state index contributed by atoms with van der Waals surface area (Å²) in [5.41, 5.74) is 1.13. The van der Waals surface area contributed by atoms with Crippen LogP contribution in [0.15, 0.2) is 24.3 Å². The van der Waals surface area contributed by atoms with E-state index in [1.807, 2.05) is 0 Å². The molecule has 0 amide bonds. The Morgan fingerprint density at radius 2 is 1.79 bits per heavy atom. The number of aryl methyl sites for hydroxylation is 1. The topological polar surface area (TPSA) is 57.5 Å². The highest BCUT2D eigenvalue weighted by Crippen LogP contribution is 2.32. The average Bonchev–Trinajstić information content (AvgIpc) is 2.14. The van der Waals surface area contributed by atoms with E-state index >= 15 is 0 Å². The predicted molar refractivity (Wildman–Crippen MR) is 56.7 cm³/mol. The number of unbranched alkanes of at least 4 members (excludes halogenated alkanes) is 1. The Balaban J connectivity index is 2.74. The molecule has 0 bridgehead atoms. The summed E-state index contributed by atoms with van der Waals surface area (Å²) >= 11 is 0. The molecule has 0 aliphatic carbocycles. The van der Waals surface area contributed by atoms with Crippen LogP contribution in [0.5, 0.6) is 0 Å². The van der Waals surface area contributed by atoms with Crippen molar-refractivity contribution in [3.8, 4) is 0 Å². The second-order valence-corrected chi connectivity index (χ2v) is 4.92. The Labute approximate surface area is 83.9 Å². The molecule has 1 aromatic rings. The van der Waals surface area contributed by atoms with Gasteiger partial charge in [-0.25, -0.2) is 0 Å². The number of hydrogen-bond donors (Lipinski definition) is 2. The molecule has 3 nitrogen and oxygen atoms in total. The fourth-order valence-electron chi connectivity index (χ4n) is 1.24. The van der Waals surface area contributed by atoms with E-state index in [1.54, 1.807) is 12.1 Å². The van der Waals surface area contributed by atoms with Crippen molar-refractivity contribution in [3.05, 3.63) is 29.8 Å². The molecular weight excluding hydrogens is 199 g/mol. The Bertz CT molecular complexity index is 326. The van der Waals surface area contributed by atoms with Gasteiger partial charge in [-0.1, -0.05) is 25.5 Å². The molecule has 2 N–H and O–H groups in total. The van der Waals surface area contributed by atoms with Gasteiger partial charge in [0.15, 0.2) is 0 Å². The van der Waals surface area contributed by atoms with Gasteiger partial charge in [0.1, 0.15) is 0 Å². The van der Waals surface area contributed by atoms with Crippen molar-refractivity contribution in [2.75, 3.05) is 0 Å². The second-order valence-electron chi connectivity index (χ2n) is 3.31. The maximum Gasteiger partial charge on any atom is 0.356 e. The van der Waals surface area contributed by atoms with Gasteiger partial charge in [0.25, 0.3) is 0 Å². The van der Waals surface area contributed by atoms with Gasteiger partial charge in [0, 0.05) is 0 Å². The molecule has 0 aromatic heterocycles. The van der Waals surface area contributed by atoms with Crippen molar-refractivity contribution in [3.63, 3.8) is 0 Å². The summed E-state index contributed by atoms with van der Waals surface area (Å²) in [7, 11) is -4.06. The molecule has 1 rings (SSSR count). The molecule has 0 spiro atoms. The minimum absolute atomic E-state index is 0.0951. The summed E-state index contributed by atoms with van der Waals surface area (Å²) < 4.78 is 10.9. The zero-order valence-electron chi connectivity index (χ0n) is 8.18. The Morgan fingerprint density at radius 1 is 1.21 bits per heavy atom. The van der Waals surface area contributed by atoms with Crippen LogP contribution in [0.25, 0.3) is 0 Å². The van der Waals surface area contributed by atoms with Crippen molar-refractivity contribution in [1.29, 1.82) is 0 Å². The summed E-state index contributed by atoms with van der Waals surface area (Å²) in [5.74, 6) is 0. The molecular formula is C10H15O3P. The molecule has 0 unspecified atom stereocenters. The first kappa shape index (κ1) is 11.4. The first-order valence-corrected chi connectivity index (χ1v) is 6.30. The van der Waals surface area contributed by atoms with Crippen LogP contribution >= 0.6 is 7.60 Å². The smallest absolute Gasteiger partial charge is 0.321 e. The predicted octanol–water partition coefficient (Wildman–Crippen LogP) is 1.83. The lowest BCUT2D eigenvalue weighted by atomic mass is 10.1. The van der Waals surface area contributed by atoms with E-state index in [1.165, 1.54) is 12.1 Å². The van der Waals surface area contributed by atoms with E-state index in [0.717, 1.165) is 24.8 Å². The van der Waals surface area contributed by atoms with Crippen molar-refractivity contribution < 1.29 is 14.4 Å². The van der Waals surface area contributed by atoms with Crippen molar-refractivity contribution in [2.45, 2.75) is 26.2 Å². The van der Waals surface area contributed by atoms with E-state index in [2.05, 4.69) is 6.92 Å². The molecule has 0 saturated carbocycles. The van der Waals surface area contributed by atoms with Crippen LogP contribution < -0.4 is 5.30 Å². The van der Waals surface area contributed by atoms with Gasteiger partial charge >= 0.3 is 7.60 Å². The highest BCUT2D eigenvalue weighted by atomic mass is 31.2. The van der Waals surface area contributed by atoms with Crippen LogP contribution in [0.2, 0.25) is 0 Å². The first-order valence-electron chi connectivity index (χ1n) is 4.69. The summed E-state index contributed by atoms with van der Waals surface area (Å²) in [5, 5.41) is 0.0951. The van der Waals surface area contributed by atoms with Crippen LogP contribution in [-0.2, 0) is 11.0 Å². The van der Waals surface area contributed by atoms with Gasteiger partial charge in [0.05, 0.1) is 5.30 Å². The number of rotatable bonds is 4. The summed E-state index contributed by atoms with van der Waals surface area (Å²) in [6.45, 7) is 2.12. The molecule has 4 heteroatoms. The maximum atomic E-state index is 10.9. The van der Waals surface area contributed by atoms with Crippen molar-refractivity contribution in [2.24, 2.45) is 0 Å². The maximum absolute atomic E-state index is 10.9. The summed E-state index contributed by atoms with van der Waals surface area (Å²) in [6.07, 6.45) is 3.20. The van der Waals surface area contributed by atoms with Gasteiger partial charge < -0.3 is 9.79 Å². The summed E-state index contributed by atoms with van der Waals surface area (Å²) in [6, 6.07) is 6.58. The average molecular weight is 214 g/mol. The van der Waals surface area contributed by atoms with Crippen LogP contribution in [-0.4, -0.2) is 9.79 Å². The van der Waals surface area contributed by atoms with Gasteiger partial charge in [-0.05, 0) is 30.5 Å². The minimum Gasteiger partial charge on any atom is -0.321 e. The van der Waals surface area contributed by atoms with E-state index in [4.69, 9.17) is 9.79 Å². The highest BCUT2D eigenvalue weighted by molar-refractivity contribution is 7.60. The second kappa shape index (κ2) is 4.74. The highest BCUT2D eigenvalue weighted by Gasteiger charge is 2.15. The normalized spacial score (nSPS) is 11.6. The quantitative estimate of drug-likeness (QED) is 0.752. The van der Waals surface area contributed by atoms with E-state index in [-0.39, 0.29) is 5.30 Å². The molecule has 78 valence electrons. The first-order chi connectivity index (χ1) is 6.54. The number of hydrogen-bond acceptors (Lipinski definition) is 1. The fourth-order valence-corrected chi connectivity index (χ4v) is 1.78. The third kappa shape index (κ3) is 3.26. The van der Waals surface area contributed by atoms with Gasteiger partial charge in [-0.3, -0.25) is 4.57 Å². The molecule has 1 aromatic carbocycles. The van der Waals surface area contributed by atoms with Crippen LogP contribution in [0.3, 0.4) is 0 Å². The van der Waals surface area contributed by atoms with Crippen molar-refractivity contribution in [1.82, 2.24) is 0 Å². The lowest BCUT2D eigenvalue weighted by molar-refractivity contribution is 0.387. The zero-order chi connectivity index (χ0) is 10.6. The van der Waals surface area contributed by atoms with Gasteiger partial charge in [-0.15, -0.1) is 0 Å². The fraction of sp³-hybridized carbons (Fsp3) is 0.400. The molecule has 0 radical (unpaired) electrons. The van der Waals surface area contributed by atoms with E-state index < -0.39 is 7.60 Å². The molecule has 0 fully saturated rings. The van der Waals surface area contributed by atoms with Crippen LogP contribution in [0.1, 0.15) is 25.3 Å². The monoisotopic (exact) mass is 214 g/mol. The standard InChI is InChI=1S/C10H15O3P/c1-2-3-4-9-5-7-10(8-6-9)14(11,12)13/h5-8H,2-4H2,1H3,(H2,11,12,13). The van der Waals surface area contributed by atoms with Crippen LogP contribution in [0, 0.1) is 0 Å². The number of benzene rings is 1. The minimum atomic E-state index is -4.06. The third-order valence-electron chi connectivity index (χ3n) is 2.09. The Kier molecular flexibility index (Phi) is 3.87. The van der Waals surface area contributed by atoms with E-state index in [0.29, 0.717) is 0 Å². The molecule has 0 aliphatic rings. The van der Waals surface area contributed by atoms with E-state index in [9.17, 15) is 4.57 Å². The van der Waals surface area contributed by atoms with Gasteiger partial charge in [0.2, 0.25) is 0 Å². The largest absolute Gasteiger partial charge is 0.356 e. The molecule has 0 aliphatic heterocycles.